The van der Waals surface area contributed by atoms with Crippen molar-refractivity contribution in [2.75, 3.05) is 6.61 Å². The number of alkyl halides is 3. The Hall–Kier alpha value is -2.02. The van der Waals surface area contributed by atoms with E-state index >= 15 is 0 Å². The molecule has 0 saturated carbocycles. The van der Waals surface area contributed by atoms with Crippen molar-refractivity contribution in [2.24, 2.45) is 0 Å². The van der Waals surface area contributed by atoms with Gasteiger partial charge in [-0.1, -0.05) is 28.1 Å². The van der Waals surface area contributed by atoms with Gasteiger partial charge in [-0.05, 0) is 48.4 Å². The van der Waals surface area contributed by atoms with Crippen LogP contribution in [0.4, 0.5) is 13.2 Å². The molecule has 1 N–H and O–H groups in total. The third-order valence-electron chi connectivity index (χ3n) is 3.24. The van der Waals surface area contributed by atoms with Crippen molar-refractivity contribution in [2.45, 2.75) is 19.6 Å². The highest BCUT2D eigenvalue weighted by Crippen LogP contribution is 2.29. The van der Waals surface area contributed by atoms with Crippen molar-refractivity contribution in [1.29, 1.82) is 0 Å². The molecule has 0 radical (unpaired) electrons. The van der Waals surface area contributed by atoms with E-state index in [9.17, 15) is 18.0 Å². The first-order valence-corrected chi connectivity index (χ1v) is 7.87. The highest BCUT2D eigenvalue weighted by molar-refractivity contribution is 9.10. The lowest BCUT2D eigenvalue weighted by molar-refractivity contribution is -0.137. The maximum Gasteiger partial charge on any atom is 0.416 e. The lowest BCUT2D eigenvalue weighted by Crippen LogP contribution is -2.28. The highest BCUT2D eigenvalue weighted by Gasteiger charge is 2.30. The molecule has 0 unspecified atom stereocenters. The Balaban J connectivity index is 1.86. The molecule has 0 aromatic heterocycles. The summed E-state index contributed by atoms with van der Waals surface area (Å²) in [6.45, 7) is 1.69. The van der Waals surface area contributed by atoms with Crippen molar-refractivity contribution < 1.29 is 22.7 Å². The summed E-state index contributed by atoms with van der Waals surface area (Å²) in [7, 11) is 0. The molecule has 2 rings (SSSR count). The maximum atomic E-state index is 12.6. The molecule has 128 valence electrons. The van der Waals surface area contributed by atoms with E-state index in [-0.39, 0.29) is 13.2 Å². The van der Waals surface area contributed by atoms with Crippen LogP contribution in [-0.4, -0.2) is 12.5 Å². The molecule has 0 saturated heterocycles. The summed E-state index contributed by atoms with van der Waals surface area (Å²) in [5.41, 5.74) is 0.602. The summed E-state index contributed by atoms with van der Waals surface area (Å²) >= 11 is 3.36. The number of amides is 1. The molecule has 0 spiro atoms. The average molecular weight is 402 g/mol. The first-order valence-electron chi connectivity index (χ1n) is 7.07. The van der Waals surface area contributed by atoms with Crippen molar-refractivity contribution in [3.8, 4) is 5.75 Å². The quantitative estimate of drug-likeness (QED) is 0.802. The third-order valence-corrected chi connectivity index (χ3v) is 4.13. The number of carbonyl (C=O) groups excluding carboxylic acids is 1. The number of hydrogen-bond donors (Lipinski definition) is 1. The van der Waals surface area contributed by atoms with Crippen LogP contribution >= 0.6 is 15.9 Å². The number of aryl methyl sites for hydroxylation is 1. The molecule has 3 nitrogen and oxygen atoms in total. The second-order valence-electron chi connectivity index (χ2n) is 5.17. The minimum absolute atomic E-state index is 0.00544. The lowest BCUT2D eigenvalue weighted by Gasteiger charge is -2.10. The minimum Gasteiger partial charge on any atom is -0.484 e. The second-order valence-corrected chi connectivity index (χ2v) is 6.03. The molecular weight excluding hydrogens is 387 g/mol. The smallest absolute Gasteiger partial charge is 0.416 e. The fourth-order valence-electron chi connectivity index (χ4n) is 1.97. The summed E-state index contributed by atoms with van der Waals surface area (Å²) < 4.78 is 44.2. The zero-order chi connectivity index (χ0) is 17.7. The average Bonchev–Trinajstić information content (AvgIpc) is 2.53. The molecule has 0 bridgehead atoms. The van der Waals surface area contributed by atoms with Gasteiger partial charge < -0.3 is 10.1 Å². The number of nitrogens with one attached hydrogen (secondary N) is 1. The summed E-state index contributed by atoms with van der Waals surface area (Å²) in [5.74, 6) is 0.137. The second kappa shape index (κ2) is 7.70. The fourth-order valence-corrected chi connectivity index (χ4v) is 2.21. The largest absolute Gasteiger partial charge is 0.484 e. The van der Waals surface area contributed by atoms with Gasteiger partial charge in [0.05, 0.1) is 5.56 Å². The van der Waals surface area contributed by atoms with Crippen molar-refractivity contribution in [1.82, 2.24) is 5.32 Å². The fraction of sp³-hybridized carbons (Fsp3) is 0.235. The van der Waals surface area contributed by atoms with Crippen LogP contribution < -0.4 is 10.1 Å². The van der Waals surface area contributed by atoms with Gasteiger partial charge in [0, 0.05) is 11.0 Å². The molecule has 2 aromatic rings. The summed E-state index contributed by atoms with van der Waals surface area (Å²) in [6.07, 6.45) is -4.40. The van der Waals surface area contributed by atoms with E-state index in [2.05, 4.69) is 21.2 Å². The van der Waals surface area contributed by atoms with Gasteiger partial charge in [-0.2, -0.15) is 13.2 Å². The van der Waals surface area contributed by atoms with Crippen molar-refractivity contribution in [3.63, 3.8) is 0 Å². The number of ether oxygens (including phenoxy) is 1. The number of carbonyl (C=O) groups is 1. The minimum atomic E-state index is -4.40. The summed E-state index contributed by atoms with van der Waals surface area (Å²) in [6, 6.07) is 10.1. The van der Waals surface area contributed by atoms with Gasteiger partial charge >= 0.3 is 6.18 Å². The highest BCUT2D eigenvalue weighted by atomic mass is 79.9. The van der Waals surface area contributed by atoms with Crippen LogP contribution in [0.3, 0.4) is 0 Å². The van der Waals surface area contributed by atoms with E-state index in [0.717, 1.165) is 22.2 Å². The van der Waals surface area contributed by atoms with Gasteiger partial charge in [0.25, 0.3) is 5.91 Å². The molecule has 2 aromatic carbocycles. The SMILES string of the molecule is Cc1cc(OCC(=O)NCc2cccc(C(F)(F)F)c2)ccc1Br. The van der Waals surface area contributed by atoms with Gasteiger partial charge in [0.1, 0.15) is 5.75 Å². The maximum absolute atomic E-state index is 12.6. The third kappa shape index (κ3) is 5.26. The van der Waals surface area contributed by atoms with E-state index in [1.54, 1.807) is 12.1 Å². The Morgan fingerprint density at radius 2 is 1.96 bits per heavy atom. The number of benzene rings is 2. The van der Waals surface area contributed by atoms with Crippen LogP contribution in [0.25, 0.3) is 0 Å². The van der Waals surface area contributed by atoms with E-state index in [4.69, 9.17) is 4.74 Å². The van der Waals surface area contributed by atoms with Crippen LogP contribution in [0.2, 0.25) is 0 Å². The normalized spacial score (nSPS) is 11.2. The van der Waals surface area contributed by atoms with E-state index < -0.39 is 17.6 Å². The monoisotopic (exact) mass is 401 g/mol. The first kappa shape index (κ1) is 18.3. The Bertz CT molecular complexity index is 732. The zero-order valence-electron chi connectivity index (χ0n) is 12.8. The summed E-state index contributed by atoms with van der Waals surface area (Å²) in [4.78, 5) is 11.8. The van der Waals surface area contributed by atoms with Crippen LogP contribution in [0, 0.1) is 6.92 Å². The number of rotatable bonds is 5. The predicted octanol–water partition coefficient (Wildman–Crippen LogP) is 4.47. The van der Waals surface area contributed by atoms with Crippen molar-refractivity contribution in [3.05, 3.63) is 63.6 Å². The Labute approximate surface area is 146 Å². The van der Waals surface area contributed by atoms with E-state index in [1.165, 1.54) is 12.1 Å². The molecule has 0 aliphatic rings. The van der Waals surface area contributed by atoms with Gasteiger partial charge in [-0.15, -0.1) is 0 Å². The first-order chi connectivity index (χ1) is 11.3. The number of hydrogen-bond acceptors (Lipinski definition) is 2. The summed E-state index contributed by atoms with van der Waals surface area (Å²) in [5, 5.41) is 2.53. The lowest BCUT2D eigenvalue weighted by atomic mass is 10.1. The topological polar surface area (TPSA) is 38.3 Å². The van der Waals surface area contributed by atoms with Crippen LogP contribution in [0.15, 0.2) is 46.9 Å². The number of halogens is 4. The van der Waals surface area contributed by atoms with Crippen molar-refractivity contribution >= 4 is 21.8 Å². The molecule has 1 amide bonds. The molecular formula is C17H15BrF3NO2. The molecule has 7 heteroatoms. The Kier molecular flexibility index (Phi) is 5.88. The van der Waals surface area contributed by atoms with Crippen LogP contribution in [0.1, 0.15) is 16.7 Å². The Morgan fingerprint density at radius 1 is 1.21 bits per heavy atom. The van der Waals surface area contributed by atoms with E-state index in [0.29, 0.717) is 11.3 Å². The van der Waals surface area contributed by atoms with Gasteiger partial charge in [-0.25, -0.2) is 0 Å². The molecule has 0 atom stereocenters. The van der Waals surface area contributed by atoms with Gasteiger partial charge in [0.15, 0.2) is 6.61 Å². The predicted molar refractivity (Wildman–Crippen MR) is 87.7 cm³/mol. The molecule has 0 heterocycles. The molecule has 0 fully saturated rings. The standard InChI is InChI=1S/C17H15BrF3NO2/c1-11-7-14(5-6-15(11)18)24-10-16(23)22-9-12-3-2-4-13(8-12)17(19,20)21/h2-8H,9-10H2,1H3,(H,22,23). The molecule has 24 heavy (non-hydrogen) atoms. The van der Waals surface area contributed by atoms with Gasteiger partial charge in [0.2, 0.25) is 0 Å². The zero-order valence-corrected chi connectivity index (χ0v) is 14.4. The Morgan fingerprint density at radius 3 is 2.62 bits per heavy atom. The van der Waals surface area contributed by atoms with Crippen LogP contribution in [-0.2, 0) is 17.5 Å². The van der Waals surface area contributed by atoms with Crippen LogP contribution in [0.5, 0.6) is 5.75 Å². The molecule has 0 aliphatic heterocycles. The van der Waals surface area contributed by atoms with Gasteiger partial charge in [-0.3, -0.25) is 4.79 Å². The van der Waals surface area contributed by atoms with E-state index in [1.807, 2.05) is 13.0 Å². The molecule has 0 aliphatic carbocycles.